The van der Waals surface area contributed by atoms with E-state index in [1.165, 1.54) is 16.5 Å². The zero-order chi connectivity index (χ0) is 17.3. The summed E-state index contributed by atoms with van der Waals surface area (Å²) < 4.78 is 4.02. The zero-order valence-corrected chi connectivity index (χ0v) is 14.7. The topological polar surface area (TPSA) is 51.9 Å². The van der Waals surface area contributed by atoms with Crippen molar-refractivity contribution in [2.45, 2.75) is 39.7 Å². The first-order chi connectivity index (χ1) is 11.5. The van der Waals surface area contributed by atoms with E-state index < -0.39 is 0 Å². The molecule has 0 atom stereocenters. The van der Waals surface area contributed by atoms with Gasteiger partial charge in [-0.15, -0.1) is 0 Å². The molecule has 1 amide bonds. The molecule has 0 fully saturated rings. The van der Waals surface area contributed by atoms with E-state index in [0.717, 1.165) is 12.1 Å². The third-order valence-electron chi connectivity index (χ3n) is 4.38. The highest BCUT2D eigenvalue weighted by Gasteiger charge is 2.12. The van der Waals surface area contributed by atoms with E-state index in [-0.39, 0.29) is 5.91 Å². The fraction of sp³-hybridized carbons (Fsp3) is 0.368. The van der Waals surface area contributed by atoms with Crippen molar-refractivity contribution in [2.75, 3.05) is 5.32 Å². The van der Waals surface area contributed by atoms with E-state index in [0.29, 0.717) is 18.3 Å². The summed E-state index contributed by atoms with van der Waals surface area (Å²) in [4.78, 5) is 12.2. The van der Waals surface area contributed by atoms with Gasteiger partial charge in [-0.2, -0.15) is 5.10 Å². The van der Waals surface area contributed by atoms with E-state index in [9.17, 15) is 4.79 Å². The summed E-state index contributed by atoms with van der Waals surface area (Å²) >= 11 is 0. The number of carbonyl (C=O) groups is 1. The number of para-hydroxylation sites is 1. The number of nitrogens with zero attached hydrogens (tertiary/aromatic N) is 3. The maximum atomic E-state index is 12.2. The first-order valence-electron chi connectivity index (χ1n) is 8.34. The van der Waals surface area contributed by atoms with Crippen LogP contribution in [0.5, 0.6) is 0 Å². The maximum Gasteiger partial charge on any atom is 0.225 e. The van der Waals surface area contributed by atoms with Crippen LogP contribution in [0.4, 0.5) is 5.82 Å². The molecule has 1 N–H and O–H groups in total. The van der Waals surface area contributed by atoms with E-state index in [2.05, 4.69) is 53.2 Å². The van der Waals surface area contributed by atoms with Gasteiger partial charge in [-0.05, 0) is 38.8 Å². The molecule has 0 aliphatic heterocycles. The summed E-state index contributed by atoms with van der Waals surface area (Å²) in [7, 11) is 1.87. The van der Waals surface area contributed by atoms with Crippen LogP contribution in [0, 0.1) is 6.92 Å². The van der Waals surface area contributed by atoms with Gasteiger partial charge in [0.1, 0.15) is 0 Å². The van der Waals surface area contributed by atoms with Crippen LogP contribution in [0.2, 0.25) is 0 Å². The van der Waals surface area contributed by atoms with Crippen molar-refractivity contribution in [3.05, 3.63) is 47.8 Å². The van der Waals surface area contributed by atoms with E-state index in [1.54, 1.807) is 4.68 Å². The second-order valence-electron chi connectivity index (χ2n) is 6.52. The molecular formula is C19H24N4O. The van der Waals surface area contributed by atoms with Gasteiger partial charge in [0.15, 0.2) is 5.82 Å². The van der Waals surface area contributed by atoms with Gasteiger partial charge >= 0.3 is 0 Å². The summed E-state index contributed by atoms with van der Waals surface area (Å²) in [5.41, 5.74) is 3.46. The highest BCUT2D eigenvalue weighted by molar-refractivity contribution is 5.91. The number of hydrogen-bond donors (Lipinski definition) is 1. The Morgan fingerprint density at radius 2 is 2.04 bits per heavy atom. The Morgan fingerprint density at radius 3 is 2.71 bits per heavy atom. The summed E-state index contributed by atoms with van der Waals surface area (Å²) in [5.74, 6) is 0.610. The van der Waals surface area contributed by atoms with E-state index >= 15 is 0 Å². The number of carbonyl (C=O) groups excluding carboxylic acids is 1. The molecule has 0 aliphatic carbocycles. The van der Waals surface area contributed by atoms with Gasteiger partial charge in [0.2, 0.25) is 5.91 Å². The lowest BCUT2D eigenvalue weighted by Crippen LogP contribution is -2.13. The zero-order valence-electron chi connectivity index (χ0n) is 14.7. The number of anilines is 1. The van der Waals surface area contributed by atoms with E-state index in [4.69, 9.17) is 0 Å². The van der Waals surface area contributed by atoms with Crippen molar-refractivity contribution in [3.8, 4) is 0 Å². The lowest BCUT2D eigenvalue weighted by atomic mass is 10.1. The number of aromatic nitrogens is 3. The lowest BCUT2D eigenvalue weighted by molar-refractivity contribution is -0.116. The third-order valence-corrected chi connectivity index (χ3v) is 4.38. The Bertz CT molecular complexity index is 853. The number of nitrogens with one attached hydrogen (secondary N) is 1. The van der Waals surface area contributed by atoms with Crippen molar-refractivity contribution < 1.29 is 4.79 Å². The van der Waals surface area contributed by atoms with Crippen LogP contribution >= 0.6 is 0 Å². The van der Waals surface area contributed by atoms with Gasteiger partial charge in [-0.3, -0.25) is 9.48 Å². The molecule has 0 aliphatic rings. The van der Waals surface area contributed by atoms with Gasteiger partial charge in [-0.1, -0.05) is 18.2 Å². The molecule has 5 nitrogen and oxygen atoms in total. The molecule has 0 bridgehead atoms. The van der Waals surface area contributed by atoms with Crippen molar-refractivity contribution in [3.63, 3.8) is 0 Å². The van der Waals surface area contributed by atoms with Crippen LogP contribution in [0.15, 0.2) is 36.5 Å². The number of fused-ring (bicyclic) bond motifs is 1. The quantitative estimate of drug-likeness (QED) is 0.775. The minimum atomic E-state index is -0.00511. The molecule has 0 spiro atoms. The average Bonchev–Trinajstić information content (AvgIpc) is 3.06. The summed E-state index contributed by atoms with van der Waals surface area (Å²) in [6.45, 7) is 6.31. The fourth-order valence-electron chi connectivity index (χ4n) is 2.98. The molecule has 24 heavy (non-hydrogen) atoms. The number of aryl methyl sites for hydroxylation is 3. The van der Waals surface area contributed by atoms with Crippen molar-refractivity contribution in [1.82, 2.24) is 14.3 Å². The number of hydrogen-bond acceptors (Lipinski definition) is 2. The Morgan fingerprint density at radius 1 is 1.29 bits per heavy atom. The normalized spacial score (nSPS) is 11.4. The van der Waals surface area contributed by atoms with Crippen LogP contribution in [-0.4, -0.2) is 20.3 Å². The van der Waals surface area contributed by atoms with Crippen molar-refractivity contribution in [1.29, 1.82) is 0 Å². The largest absolute Gasteiger partial charge is 0.345 e. The van der Waals surface area contributed by atoms with Crippen LogP contribution in [0.3, 0.4) is 0 Å². The standard InChI is InChI=1S/C19H24N4O/c1-13(2)23-12-15(16-7-5-6-8-17(16)23)9-10-19(24)20-18-11-14(3)22(4)21-18/h5-8,11-13H,9-10H2,1-4H3,(H,20,21,24). The second-order valence-corrected chi connectivity index (χ2v) is 6.52. The smallest absolute Gasteiger partial charge is 0.225 e. The number of benzene rings is 1. The predicted molar refractivity (Wildman–Crippen MR) is 97.2 cm³/mol. The van der Waals surface area contributed by atoms with Crippen LogP contribution in [0.25, 0.3) is 10.9 Å². The molecule has 0 radical (unpaired) electrons. The SMILES string of the molecule is Cc1cc(NC(=O)CCc2cn(C(C)C)c3ccccc23)nn1C. The Hall–Kier alpha value is -2.56. The molecule has 0 unspecified atom stereocenters. The second kappa shape index (κ2) is 6.51. The number of amides is 1. The first-order valence-corrected chi connectivity index (χ1v) is 8.34. The first kappa shape index (κ1) is 16.3. The lowest BCUT2D eigenvalue weighted by Gasteiger charge is -2.08. The highest BCUT2D eigenvalue weighted by Crippen LogP contribution is 2.25. The average molecular weight is 324 g/mol. The molecule has 3 aromatic rings. The molecule has 2 aromatic heterocycles. The molecule has 5 heteroatoms. The monoisotopic (exact) mass is 324 g/mol. The van der Waals surface area contributed by atoms with Gasteiger partial charge in [0.05, 0.1) is 0 Å². The number of rotatable bonds is 5. The molecule has 0 saturated carbocycles. The molecule has 126 valence electrons. The molecule has 1 aromatic carbocycles. The molecular weight excluding hydrogens is 300 g/mol. The van der Waals surface area contributed by atoms with Gasteiger partial charge < -0.3 is 9.88 Å². The van der Waals surface area contributed by atoms with Crippen LogP contribution in [-0.2, 0) is 18.3 Å². The van der Waals surface area contributed by atoms with Gasteiger partial charge in [-0.25, -0.2) is 0 Å². The van der Waals surface area contributed by atoms with Crippen LogP contribution < -0.4 is 5.32 Å². The third kappa shape index (κ3) is 3.20. The van der Waals surface area contributed by atoms with E-state index in [1.807, 2.05) is 26.1 Å². The summed E-state index contributed by atoms with van der Waals surface area (Å²) in [6.07, 6.45) is 3.34. The van der Waals surface area contributed by atoms with Gasteiger partial charge in [0, 0.05) is 48.4 Å². The Balaban J connectivity index is 1.72. The van der Waals surface area contributed by atoms with Crippen molar-refractivity contribution in [2.24, 2.45) is 7.05 Å². The summed E-state index contributed by atoms with van der Waals surface area (Å²) in [5, 5.41) is 8.37. The fourth-order valence-corrected chi connectivity index (χ4v) is 2.98. The summed E-state index contributed by atoms with van der Waals surface area (Å²) in [6, 6.07) is 10.6. The highest BCUT2D eigenvalue weighted by atomic mass is 16.1. The van der Waals surface area contributed by atoms with Crippen LogP contribution in [0.1, 0.15) is 37.6 Å². The Labute approximate surface area is 142 Å². The van der Waals surface area contributed by atoms with Gasteiger partial charge in [0.25, 0.3) is 0 Å². The minimum absolute atomic E-state index is 0.00511. The van der Waals surface area contributed by atoms with Crippen molar-refractivity contribution >= 4 is 22.6 Å². The minimum Gasteiger partial charge on any atom is -0.345 e. The predicted octanol–water partition coefficient (Wildman–Crippen LogP) is 3.84. The molecule has 3 rings (SSSR count). The Kier molecular flexibility index (Phi) is 4.42. The molecule has 0 saturated heterocycles. The maximum absolute atomic E-state index is 12.2. The molecule has 2 heterocycles.